The second-order valence-corrected chi connectivity index (χ2v) is 7.34. The summed E-state index contributed by atoms with van der Waals surface area (Å²) >= 11 is 0. The zero-order valence-electron chi connectivity index (χ0n) is 16.9. The summed E-state index contributed by atoms with van der Waals surface area (Å²) in [6.45, 7) is 4.14. The minimum Gasteiger partial charge on any atom is -0.489 e. The van der Waals surface area contributed by atoms with Crippen LogP contribution >= 0.6 is 0 Å². The van der Waals surface area contributed by atoms with Gasteiger partial charge in [0.1, 0.15) is 23.7 Å². The maximum Gasteiger partial charge on any atom is 0.256 e. The van der Waals surface area contributed by atoms with Gasteiger partial charge in [0.25, 0.3) is 5.91 Å². The van der Waals surface area contributed by atoms with E-state index in [0.717, 1.165) is 5.56 Å². The number of aliphatic hydroxyl groups is 1. The molecule has 0 fully saturated rings. The number of benzene rings is 1. The minimum atomic E-state index is -1.62. The molecule has 2 heterocycles. The van der Waals surface area contributed by atoms with Gasteiger partial charge in [-0.1, -0.05) is 12.1 Å². The monoisotopic (exact) mass is 414 g/mol. The molecule has 158 valence electrons. The number of nitrogens with two attached hydrogens (primary N) is 1. The number of rotatable bonds is 7. The summed E-state index contributed by atoms with van der Waals surface area (Å²) in [7, 11) is 0. The number of ether oxygens (including phenoxy) is 1. The third-order valence-electron chi connectivity index (χ3n) is 4.86. The van der Waals surface area contributed by atoms with Crippen LogP contribution in [0.3, 0.4) is 0 Å². The zero-order chi connectivity index (χ0) is 22.1. The van der Waals surface area contributed by atoms with E-state index in [1.54, 1.807) is 44.3 Å². The molecule has 0 aliphatic heterocycles. The summed E-state index contributed by atoms with van der Waals surface area (Å²) in [5.74, 6) is -1.42. The number of nitrogens with one attached hydrogen (secondary N) is 1. The molecule has 30 heavy (non-hydrogen) atoms. The number of aliphatic hydroxyl groups excluding tert-OH is 1. The van der Waals surface area contributed by atoms with Crippen LogP contribution < -0.4 is 15.8 Å². The van der Waals surface area contributed by atoms with Crippen LogP contribution in [0.15, 0.2) is 36.5 Å². The third-order valence-corrected chi connectivity index (χ3v) is 4.86. The first kappa shape index (κ1) is 21.3. The van der Waals surface area contributed by atoms with E-state index in [0.29, 0.717) is 22.5 Å². The van der Waals surface area contributed by atoms with E-state index in [-0.39, 0.29) is 18.0 Å². The molecular weight excluding hydrogens is 391 g/mol. The van der Waals surface area contributed by atoms with E-state index >= 15 is 0 Å². The summed E-state index contributed by atoms with van der Waals surface area (Å²) in [6.07, 6.45) is 1.61. The van der Waals surface area contributed by atoms with E-state index < -0.39 is 24.0 Å². The van der Waals surface area contributed by atoms with Crippen LogP contribution in [0, 0.1) is 19.7 Å². The molecule has 1 atom stereocenters. The lowest BCUT2D eigenvalue weighted by Crippen LogP contribution is -2.57. The van der Waals surface area contributed by atoms with Crippen molar-refractivity contribution >= 4 is 17.3 Å². The van der Waals surface area contributed by atoms with Crippen LogP contribution in [0.5, 0.6) is 5.75 Å². The fraction of sp³-hybridized carbons (Fsp3) is 0.286. The van der Waals surface area contributed by atoms with Gasteiger partial charge in [0.2, 0.25) is 5.91 Å². The van der Waals surface area contributed by atoms with Gasteiger partial charge < -0.3 is 20.9 Å². The zero-order valence-corrected chi connectivity index (χ0v) is 16.9. The molecule has 3 rings (SSSR count). The van der Waals surface area contributed by atoms with Gasteiger partial charge in [0.05, 0.1) is 23.4 Å². The first-order valence-corrected chi connectivity index (χ1v) is 9.24. The van der Waals surface area contributed by atoms with Gasteiger partial charge >= 0.3 is 0 Å². The number of hydrogen-bond donors (Lipinski definition) is 3. The predicted molar refractivity (Wildman–Crippen MR) is 108 cm³/mol. The number of aromatic nitrogens is 2. The van der Waals surface area contributed by atoms with E-state index in [1.165, 1.54) is 17.5 Å². The Bertz CT molecular complexity index is 1130. The Kier molecular flexibility index (Phi) is 5.75. The Morgan fingerprint density at radius 2 is 2.03 bits per heavy atom. The van der Waals surface area contributed by atoms with E-state index in [2.05, 4.69) is 10.4 Å². The number of nitrogens with zero attached hydrogens (tertiary/aromatic N) is 2. The molecule has 0 bridgehead atoms. The van der Waals surface area contributed by atoms with Gasteiger partial charge in [-0.25, -0.2) is 8.91 Å². The van der Waals surface area contributed by atoms with Gasteiger partial charge in [-0.3, -0.25) is 9.59 Å². The Morgan fingerprint density at radius 1 is 1.30 bits per heavy atom. The lowest BCUT2D eigenvalue weighted by molar-refractivity contribution is -0.124. The van der Waals surface area contributed by atoms with Crippen molar-refractivity contribution in [3.8, 4) is 5.75 Å². The topological polar surface area (TPSA) is 119 Å². The van der Waals surface area contributed by atoms with Crippen LogP contribution in [0.1, 0.15) is 34.1 Å². The van der Waals surface area contributed by atoms with Gasteiger partial charge in [-0.2, -0.15) is 5.10 Å². The lowest BCUT2D eigenvalue weighted by atomic mass is 10.0. The minimum absolute atomic E-state index is 0.0151. The molecule has 1 aromatic carbocycles. The standard InChI is InChI=1S/C21H23FN4O4/c1-12-4-5-14(16(22)8-12)10-30-15-6-7-26-17(9-15)18(13(2)25-26)19(28)24-21(3,11-27)20(23)29/h4-9,27H,10-11H2,1-3H3,(H2,23,29)(H,24,28). The normalized spacial score (nSPS) is 13.1. The Hall–Kier alpha value is -3.46. The lowest BCUT2D eigenvalue weighted by Gasteiger charge is -2.24. The van der Waals surface area contributed by atoms with Crippen molar-refractivity contribution in [2.24, 2.45) is 5.73 Å². The van der Waals surface area contributed by atoms with E-state index in [1.807, 2.05) is 0 Å². The van der Waals surface area contributed by atoms with Crippen LogP contribution in [-0.2, 0) is 11.4 Å². The van der Waals surface area contributed by atoms with Gasteiger partial charge in [0.15, 0.2) is 0 Å². The van der Waals surface area contributed by atoms with Crippen LogP contribution in [0.25, 0.3) is 5.52 Å². The third kappa shape index (κ3) is 4.11. The smallest absolute Gasteiger partial charge is 0.256 e. The number of pyridine rings is 1. The summed E-state index contributed by atoms with van der Waals surface area (Å²) in [5, 5.41) is 16.2. The van der Waals surface area contributed by atoms with Crippen LogP contribution in [0.2, 0.25) is 0 Å². The number of carbonyl (C=O) groups excluding carboxylic acids is 2. The molecule has 2 amide bonds. The highest BCUT2D eigenvalue weighted by Gasteiger charge is 2.33. The largest absolute Gasteiger partial charge is 0.489 e. The highest BCUT2D eigenvalue weighted by atomic mass is 19.1. The quantitative estimate of drug-likeness (QED) is 0.543. The Balaban J connectivity index is 1.88. The highest BCUT2D eigenvalue weighted by molar-refractivity contribution is 6.04. The molecule has 3 aromatic rings. The maximum atomic E-state index is 14.0. The van der Waals surface area contributed by atoms with E-state index in [4.69, 9.17) is 10.5 Å². The molecule has 0 spiro atoms. The first-order valence-electron chi connectivity index (χ1n) is 9.24. The molecule has 8 nitrogen and oxygen atoms in total. The molecule has 0 saturated carbocycles. The van der Waals surface area contributed by atoms with Crippen molar-refractivity contribution in [3.63, 3.8) is 0 Å². The fourth-order valence-corrected chi connectivity index (χ4v) is 2.94. The number of carbonyl (C=O) groups is 2. The summed E-state index contributed by atoms with van der Waals surface area (Å²) in [6, 6.07) is 8.13. The van der Waals surface area contributed by atoms with Crippen LogP contribution in [-0.4, -0.2) is 38.7 Å². The molecular formula is C21H23FN4O4. The van der Waals surface area contributed by atoms with Crippen molar-refractivity contribution < 1.29 is 23.8 Å². The maximum absolute atomic E-state index is 14.0. The van der Waals surface area contributed by atoms with Crippen LogP contribution in [0.4, 0.5) is 4.39 Å². The summed E-state index contributed by atoms with van der Waals surface area (Å²) in [4.78, 5) is 24.4. The molecule has 1 unspecified atom stereocenters. The molecule has 9 heteroatoms. The molecule has 0 aliphatic rings. The Morgan fingerprint density at radius 3 is 2.67 bits per heavy atom. The molecule has 2 aromatic heterocycles. The van der Waals surface area contributed by atoms with E-state index in [9.17, 15) is 19.1 Å². The molecule has 4 N–H and O–H groups in total. The number of fused-ring (bicyclic) bond motifs is 1. The summed E-state index contributed by atoms with van der Waals surface area (Å²) < 4.78 is 21.2. The Labute approximate surface area is 172 Å². The molecule has 0 aliphatic carbocycles. The second-order valence-electron chi connectivity index (χ2n) is 7.34. The van der Waals surface area contributed by atoms with Gasteiger partial charge in [-0.05, 0) is 38.5 Å². The number of amides is 2. The highest BCUT2D eigenvalue weighted by Crippen LogP contribution is 2.23. The van der Waals surface area contributed by atoms with Gasteiger partial charge in [0, 0.05) is 17.8 Å². The predicted octanol–water partition coefficient (Wildman–Crippen LogP) is 1.64. The summed E-state index contributed by atoms with van der Waals surface area (Å²) in [5.41, 5.74) is 5.95. The van der Waals surface area contributed by atoms with Gasteiger partial charge in [-0.15, -0.1) is 0 Å². The fourth-order valence-electron chi connectivity index (χ4n) is 2.94. The number of aryl methyl sites for hydroxylation is 2. The first-order chi connectivity index (χ1) is 14.1. The SMILES string of the molecule is Cc1ccc(COc2ccn3nc(C)c(C(=O)NC(C)(CO)C(N)=O)c3c2)c(F)c1. The number of hydrogen-bond acceptors (Lipinski definition) is 5. The average molecular weight is 414 g/mol. The number of primary amides is 1. The van der Waals surface area contributed by atoms with Crippen molar-refractivity contribution in [3.05, 3.63) is 64.7 Å². The molecule has 0 saturated heterocycles. The average Bonchev–Trinajstić information content (AvgIpc) is 3.02. The number of halogens is 1. The van der Waals surface area contributed by atoms with Crippen molar-refractivity contribution in [1.29, 1.82) is 0 Å². The van der Waals surface area contributed by atoms with Crippen molar-refractivity contribution in [2.45, 2.75) is 32.9 Å². The van der Waals surface area contributed by atoms with Crippen molar-refractivity contribution in [1.82, 2.24) is 14.9 Å². The van der Waals surface area contributed by atoms with Crippen molar-refractivity contribution in [2.75, 3.05) is 6.61 Å². The molecule has 0 radical (unpaired) electrons. The second kappa shape index (κ2) is 8.11.